The number of halogens is 1. The summed E-state index contributed by atoms with van der Waals surface area (Å²) in [5.41, 5.74) is -0.149. The Hall–Kier alpha value is -1.33. The molecule has 6 heteroatoms. The predicted molar refractivity (Wildman–Crippen MR) is 66.5 cm³/mol. The Kier molecular flexibility index (Phi) is 3.49. The molecule has 0 aromatic carbocycles. The SMILES string of the molecule is C=C(CNC1CC1)Cn1cc(Cl)c(=O)[nH]c1=O. The van der Waals surface area contributed by atoms with Gasteiger partial charge in [0.05, 0.1) is 0 Å². The fourth-order valence-corrected chi connectivity index (χ4v) is 1.64. The number of hydrogen-bond donors (Lipinski definition) is 2. The number of aromatic amines is 1. The lowest BCUT2D eigenvalue weighted by atomic mass is 10.3. The third-order valence-corrected chi connectivity index (χ3v) is 2.85. The third-order valence-electron chi connectivity index (χ3n) is 2.58. The van der Waals surface area contributed by atoms with Gasteiger partial charge in [0.2, 0.25) is 0 Å². The van der Waals surface area contributed by atoms with E-state index in [1.165, 1.54) is 23.6 Å². The molecule has 1 saturated carbocycles. The maximum atomic E-state index is 11.5. The van der Waals surface area contributed by atoms with Gasteiger partial charge in [0.25, 0.3) is 5.56 Å². The zero-order valence-corrected chi connectivity index (χ0v) is 10.1. The van der Waals surface area contributed by atoms with E-state index in [1.54, 1.807) is 0 Å². The molecule has 1 fully saturated rings. The highest BCUT2D eigenvalue weighted by Gasteiger charge is 2.20. The maximum Gasteiger partial charge on any atom is 0.328 e. The molecule has 0 unspecified atom stereocenters. The summed E-state index contributed by atoms with van der Waals surface area (Å²) in [5.74, 6) is 0. The van der Waals surface area contributed by atoms with Crippen molar-refractivity contribution in [2.24, 2.45) is 0 Å². The molecule has 92 valence electrons. The van der Waals surface area contributed by atoms with Gasteiger partial charge in [-0.2, -0.15) is 0 Å². The van der Waals surface area contributed by atoms with Crippen LogP contribution in [-0.4, -0.2) is 22.1 Å². The first kappa shape index (κ1) is 12.1. The summed E-state index contributed by atoms with van der Waals surface area (Å²) in [4.78, 5) is 24.7. The molecular weight excluding hydrogens is 242 g/mol. The quantitative estimate of drug-likeness (QED) is 0.753. The Morgan fingerprint density at radius 1 is 1.59 bits per heavy atom. The Balaban J connectivity index is 2.01. The molecule has 2 N–H and O–H groups in total. The summed E-state index contributed by atoms with van der Waals surface area (Å²) >= 11 is 5.66. The highest BCUT2D eigenvalue weighted by atomic mass is 35.5. The molecule has 0 amide bonds. The van der Waals surface area contributed by atoms with Gasteiger partial charge in [-0.3, -0.25) is 14.3 Å². The lowest BCUT2D eigenvalue weighted by molar-refractivity contribution is 0.656. The van der Waals surface area contributed by atoms with Crippen LogP contribution in [0.4, 0.5) is 0 Å². The molecule has 1 aromatic rings. The van der Waals surface area contributed by atoms with Crippen molar-refractivity contribution in [3.8, 4) is 0 Å². The third kappa shape index (κ3) is 3.31. The highest BCUT2D eigenvalue weighted by Crippen LogP contribution is 2.18. The zero-order chi connectivity index (χ0) is 12.4. The molecule has 0 aliphatic heterocycles. The first-order valence-corrected chi connectivity index (χ1v) is 5.83. The van der Waals surface area contributed by atoms with E-state index < -0.39 is 11.2 Å². The Morgan fingerprint density at radius 2 is 2.29 bits per heavy atom. The van der Waals surface area contributed by atoms with Crippen molar-refractivity contribution < 1.29 is 0 Å². The van der Waals surface area contributed by atoms with E-state index in [2.05, 4.69) is 16.9 Å². The molecule has 5 nitrogen and oxygen atoms in total. The molecule has 0 bridgehead atoms. The number of rotatable bonds is 5. The van der Waals surface area contributed by atoms with Crippen molar-refractivity contribution in [2.75, 3.05) is 6.54 Å². The summed E-state index contributed by atoms with van der Waals surface area (Å²) in [6.45, 7) is 4.92. The van der Waals surface area contributed by atoms with Crippen LogP contribution in [0.15, 0.2) is 27.9 Å². The Morgan fingerprint density at radius 3 is 2.94 bits per heavy atom. The summed E-state index contributed by atoms with van der Waals surface area (Å²) < 4.78 is 1.35. The molecule has 1 aromatic heterocycles. The number of H-pyrrole nitrogens is 1. The van der Waals surface area contributed by atoms with Gasteiger partial charge in [-0.05, 0) is 18.4 Å². The number of nitrogens with one attached hydrogen (secondary N) is 2. The van der Waals surface area contributed by atoms with Crippen LogP contribution < -0.4 is 16.6 Å². The van der Waals surface area contributed by atoms with Gasteiger partial charge < -0.3 is 5.32 Å². The van der Waals surface area contributed by atoms with Gasteiger partial charge in [0.15, 0.2) is 0 Å². The monoisotopic (exact) mass is 255 g/mol. The van der Waals surface area contributed by atoms with Crippen molar-refractivity contribution in [1.82, 2.24) is 14.9 Å². The van der Waals surface area contributed by atoms with Gasteiger partial charge in [-0.1, -0.05) is 18.2 Å². The van der Waals surface area contributed by atoms with Crippen LogP contribution in [-0.2, 0) is 6.54 Å². The minimum absolute atomic E-state index is 0.00699. The summed E-state index contributed by atoms with van der Waals surface area (Å²) in [6.07, 6.45) is 3.75. The molecule has 1 aliphatic rings. The van der Waals surface area contributed by atoms with Crippen LogP contribution in [0, 0.1) is 0 Å². The normalized spacial score (nSPS) is 14.9. The first-order chi connectivity index (χ1) is 8.06. The van der Waals surface area contributed by atoms with Gasteiger partial charge in [-0.15, -0.1) is 0 Å². The number of aromatic nitrogens is 2. The second-order valence-electron chi connectivity index (χ2n) is 4.27. The number of hydrogen-bond acceptors (Lipinski definition) is 3. The van der Waals surface area contributed by atoms with E-state index in [4.69, 9.17) is 11.6 Å². The molecule has 1 heterocycles. The fourth-order valence-electron chi connectivity index (χ4n) is 1.47. The van der Waals surface area contributed by atoms with Gasteiger partial charge >= 0.3 is 5.69 Å². The smallest absolute Gasteiger partial charge is 0.310 e. The largest absolute Gasteiger partial charge is 0.328 e. The minimum Gasteiger partial charge on any atom is -0.310 e. The van der Waals surface area contributed by atoms with Crippen LogP contribution in [0.1, 0.15) is 12.8 Å². The second kappa shape index (κ2) is 4.89. The van der Waals surface area contributed by atoms with Crippen molar-refractivity contribution in [1.29, 1.82) is 0 Å². The van der Waals surface area contributed by atoms with Gasteiger partial charge in [0.1, 0.15) is 5.02 Å². The lowest BCUT2D eigenvalue weighted by Crippen LogP contribution is -2.31. The Bertz CT molecular complexity index is 542. The zero-order valence-electron chi connectivity index (χ0n) is 9.33. The van der Waals surface area contributed by atoms with E-state index in [0.29, 0.717) is 19.1 Å². The summed E-state index contributed by atoms with van der Waals surface area (Å²) in [7, 11) is 0. The van der Waals surface area contributed by atoms with Crippen LogP contribution in [0.3, 0.4) is 0 Å². The van der Waals surface area contributed by atoms with E-state index in [-0.39, 0.29) is 5.02 Å². The van der Waals surface area contributed by atoms with Crippen molar-refractivity contribution in [3.05, 3.63) is 44.2 Å². The standard InChI is InChI=1S/C11H14ClN3O2/c1-7(4-13-8-2-3-8)5-15-6-9(12)10(16)14-11(15)17/h6,8,13H,1-5H2,(H,14,16,17). The first-order valence-electron chi connectivity index (χ1n) is 5.45. The average molecular weight is 256 g/mol. The average Bonchev–Trinajstić information content (AvgIpc) is 3.07. The maximum absolute atomic E-state index is 11.5. The van der Waals surface area contributed by atoms with Crippen LogP contribution in [0.2, 0.25) is 5.02 Å². The second-order valence-corrected chi connectivity index (χ2v) is 4.68. The molecular formula is C11H14ClN3O2. The molecule has 0 atom stereocenters. The summed E-state index contributed by atoms with van der Waals surface area (Å²) in [6, 6.07) is 0.600. The molecule has 2 rings (SSSR count). The highest BCUT2D eigenvalue weighted by molar-refractivity contribution is 6.30. The van der Waals surface area contributed by atoms with Crippen LogP contribution >= 0.6 is 11.6 Å². The van der Waals surface area contributed by atoms with Crippen molar-refractivity contribution in [2.45, 2.75) is 25.4 Å². The van der Waals surface area contributed by atoms with E-state index in [1.807, 2.05) is 0 Å². The minimum atomic E-state index is -0.561. The Labute approximate surface area is 103 Å². The van der Waals surface area contributed by atoms with E-state index in [0.717, 1.165) is 5.57 Å². The number of nitrogens with zero attached hydrogens (tertiary/aromatic N) is 1. The van der Waals surface area contributed by atoms with Gasteiger partial charge in [-0.25, -0.2) is 4.79 Å². The predicted octanol–water partition coefficient (Wildman–Crippen LogP) is 0.498. The lowest BCUT2D eigenvalue weighted by Gasteiger charge is -2.09. The molecule has 0 radical (unpaired) electrons. The van der Waals surface area contributed by atoms with E-state index in [9.17, 15) is 9.59 Å². The molecule has 1 aliphatic carbocycles. The van der Waals surface area contributed by atoms with E-state index >= 15 is 0 Å². The molecule has 0 spiro atoms. The van der Waals surface area contributed by atoms with Crippen molar-refractivity contribution >= 4 is 11.6 Å². The topological polar surface area (TPSA) is 66.9 Å². The fraction of sp³-hybridized carbons (Fsp3) is 0.455. The van der Waals surface area contributed by atoms with Crippen LogP contribution in [0.5, 0.6) is 0 Å². The molecule has 17 heavy (non-hydrogen) atoms. The summed E-state index contributed by atoms with van der Waals surface area (Å²) in [5, 5.41) is 3.31. The molecule has 0 saturated heterocycles. The van der Waals surface area contributed by atoms with Crippen LogP contribution in [0.25, 0.3) is 0 Å². The van der Waals surface area contributed by atoms with Crippen molar-refractivity contribution in [3.63, 3.8) is 0 Å². The van der Waals surface area contributed by atoms with Gasteiger partial charge in [0, 0.05) is 25.3 Å².